The second kappa shape index (κ2) is 6.52. The van der Waals surface area contributed by atoms with E-state index in [2.05, 4.69) is 29.3 Å². The maximum absolute atomic E-state index is 12.5. The molecular formula is C18H23N3O2. The van der Waals surface area contributed by atoms with Crippen LogP contribution >= 0.6 is 0 Å². The van der Waals surface area contributed by atoms with Crippen molar-refractivity contribution >= 4 is 5.91 Å². The summed E-state index contributed by atoms with van der Waals surface area (Å²) in [7, 11) is 0. The van der Waals surface area contributed by atoms with E-state index < -0.39 is 0 Å². The molecule has 1 N–H and O–H groups in total. The van der Waals surface area contributed by atoms with E-state index >= 15 is 0 Å². The van der Waals surface area contributed by atoms with Crippen LogP contribution in [-0.2, 0) is 0 Å². The minimum Gasteiger partial charge on any atom is -0.349 e. The van der Waals surface area contributed by atoms with Crippen LogP contribution in [0.5, 0.6) is 0 Å². The quantitative estimate of drug-likeness (QED) is 0.940. The maximum atomic E-state index is 12.5. The van der Waals surface area contributed by atoms with Crippen LogP contribution < -0.4 is 5.32 Å². The first kappa shape index (κ1) is 15.7. The molecule has 1 amide bonds. The summed E-state index contributed by atoms with van der Waals surface area (Å²) in [5, 5.41) is 6.97. The number of nitrogens with one attached hydrogen (secondary N) is 1. The molecule has 122 valence electrons. The van der Waals surface area contributed by atoms with Crippen molar-refractivity contribution in [3.63, 3.8) is 0 Å². The Bertz CT molecular complexity index is 678. The second-order valence-corrected chi connectivity index (χ2v) is 6.57. The highest BCUT2D eigenvalue weighted by molar-refractivity contribution is 5.94. The van der Waals surface area contributed by atoms with Crippen molar-refractivity contribution in [2.24, 2.45) is 11.8 Å². The number of hydrogen-bond donors (Lipinski definition) is 1. The van der Waals surface area contributed by atoms with E-state index in [9.17, 15) is 4.79 Å². The lowest BCUT2D eigenvalue weighted by Gasteiger charge is -2.34. The van der Waals surface area contributed by atoms with Gasteiger partial charge in [-0.2, -0.15) is 4.98 Å². The van der Waals surface area contributed by atoms with Crippen LogP contribution in [0.3, 0.4) is 0 Å². The summed E-state index contributed by atoms with van der Waals surface area (Å²) in [6, 6.07) is 7.57. The van der Waals surface area contributed by atoms with E-state index in [4.69, 9.17) is 4.52 Å². The number of nitrogens with zero attached hydrogens (tertiary/aromatic N) is 2. The highest BCUT2D eigenvalue weighted by Gasteiger charge is 2.28. The standard InChI is InChI=1S/C18H23N3O2/c1-11-5-4-6-16(12(11)2)20-17(22)14-7-9-15(10-8-14)18-19-13(3)21-23-18/h7-12,16H,4-6H2,1-3H3,(H,20,22). The SMILES string of the molecule is Cc1noc(-c2ccc(C(=O)NC3CCCC(C)C3C)cc2)n1. The lowest BCUT2D eigenvalue weighted by atomic mass is 9.78. The van der Waals surface area contributed by atoms with Gasteiger partial charge in [-0.05, 0) is 49.4 Å². The lowest BCUT2D eigenvalue weighted by molar-refractivity contribution is 0.0891. The molecule has 0 radical (unpaired) electrons. The first-order valence-corrected chi connectivity index (χ1v) is 8.26. The molecule has 1 fully saturated rings. The van der Waals surface area contributed by atoms with Crippen molar-refractivity contribution in [2.75, 3.05) is 0 Å². The molecule has 3 unspecified atom stereocenters. The summed E-state index contributed by atoms with van der Waals surface area (Å²) < 4.78 is 5.14. The topological polar surface area (TPSA) is 68.0 Å². The summed E-state index contributed by atoms with van der Waals surface area (Å²) in [6.45, 7) is 6.28. The normalized spacial score (nSPS) is 24.4. The fourth-order valence-electron chi connectivity index (χ4n) is 3.22. The second-order valence-electron chi connectivity index (χ2n) is 6.57. The highest BCUT2D eigenvalue weighted by Crippen LogP contribution is 2.29. The fourth-order valence-corrected chi connectivity index (χ4v) is 3.22. The van der Waals surface area contributed by atoms with Crippen molar-refractivity contribution in [3.05, 3.63) is 35.7 Å². The third-order valence-electron chi connectivity index (χ3n) is 4.94. The van der Waals surface area contributed by atoms with E-state index in [0.717, 1.165) is 12.0 Å². The molecule has 1 heterocycles. The van der Waals surface area contributed by atoms with Crippen LogP contribution in [-0.4, -0.2) is 22.1 Å². The summed E-state index contributed by atoms with van der Waals surface area (Å²) in [6.07, 6.45) is 3.51. The summed E-state index contributed by atoms with van der Waals surface area (Å²) in [4.78, 5) is 16.6. The number of rotatable bonds is 3. The zero-order chi connectivity index (χ0) is 16.4. The van der Waals surface area contributed by atoms with Gasteiger partial charge < -0.3 is 9.84 Å². The first-order valence-electron chi connectivity index (χ1n) is 8.26. The zero-order valence-electron chi connectivity index (χ0n) is 13.9. The van der Waals surface area contributed by atoms with Gasteiger partial charge in [0.15, 0.2) is 5.82 Å². The average molecular weight is 313 g/mol. The number of aryl methyl sites for hydroxylation is 1. The monoisotopic (exact) mass is 313 g/mol. The third kappa shape index (κ3) is 3.44. The van der Waals surface area contributed by atoms with Crippen molar-refractivity contribution in [2.45, 2.75) is 46.1 Å². The number of amides is 1. The summed E-state index contributed by atoms with van der Waals surface area (Å²) in [5.41, 5.74) is 1.48. The molecule has 0 aliphatic heterocycles. The van der Waals surface area contributed by atoms with Crippen LogP contribution in [0.2, 0.25) is 0 Å². The van der Waals surface area contributed by atoms with Gasteiger partial charge in [-0.3, -0.25) is 4.79 Å². The van der Waals surface area contributed by atoms with Gasteiger partial charge in [-0.25, -0.2) is 0 Å². The smallest absolute Gasteiger partial charge is 0.257 e. The number of aromatic nitrogens is 2. The van der Waals surface area contributed by atoms with Gasteiger partial charge in [0.2, 0.25) is 0 Å². The molecule has 1 aromatic heterocycles. The van der Waals surface area contributed by atoms with Gasteiger partial charge in [0.05, 0.1) is 0 Å². The van der Waals surface area contributed by atoms with Gasteiger partial charge in [-0.15, -0.1) is 0 Å². The Kier molecular flexibility index (Phi) is 4.46. The molecule has 3 atom stereocenters. The minimum atomic E-state index is -0.00999. The molecule has 1 aliphatic rings. The molecule has 23 heavy (non-hydrogen) atoms. The Balaban J connectivity index is 1.68. The molecule has 0 bridgehead atoms. The van der Waals surface area contributed by atoms with Gasteiger partial charge in [0, 0.05) is 17.2 Å². The van der Waals surface area contributed by atoms with Crippen molar-refractivity contribution in [1.29, 1.82) is 0 Å². The van der Waals surface area contributed by atoms with Crippen molar-refractivity contribution in [1.82, 2.24) is 15.5 Å². The van der Waals surface area contributed by atoms with E-state index in [0.29, 0.717) is 29.1 Å². The van der Waals surface area contributed by atoms with Gasteiger partial charge in [-0.1, -0.05) is 31.8 Å². The van der Waals surface area contributed by atoms with E-state index in [1.54, 1.807) is 19.1 Å². The van der Waals surface area contributed by atoms with Gasteiger partial charge in [0.1, 0.15) is 0 Å². The largest absolute Gasteiger partial charge is 0.349 e. The minimum absolute atomic E-state index is 0.00999. The van der Waals surface area contributed by atoms with E-state index in [-0.39, 0.29) is 11.9 Å². The molecule has 1 aromatic carbocycles. The molecule has 0 spiro atoms. The Morgan fingerprint density at radius 2 is 1.96 bits per heavy atom. The molecule has 0 saturated heterocycles. The van der Waals surface area contributed by atoms with Crippen LogP contribution in [0.4, 0.5) is 0 Å². The number of hydrogen-bond acceptors (Lipinski definition) is 4. The third-order valence-corrected chi connectivity index (χ3v) is 4.94. The summed E-state index contributed by atoms with van der Waals surface area (Å²) in [5.74, 6) is 2.25. The van der Waals surface area contributed by atoms with Gasteiger partial charge in [0.25, 0.3) is 11.8 Å². The fraction of sp³-hybridized carbons (Fsp3) is 0.500. The van der Waals surface area contributed by atoms with Gasteiger partial charge >= 0.3 is 0 Å². The number of carbonyl (C=O) groups is 1. The Labute approximate surface area is 136 Å². The Hall–Kier alpha value is -2.17. The molecule has 2 aromatic rings. The molecule has 5 heteroatoms. The average Bonchev–Trinajstić information content (AvgIpc) is 2.98. The molecule has 1 saturated carbocycles. The van der Waals surface area contributed by atoms with Crippen LogP contribution in [0.25, 0.3) is 11.5 Å². The maximum Gasteiger partial charge on any atom is 0.257 e. The van der Waals surface area contributed by atoms with Crippen molar-refractivity contribution < 1.29 is 9.32 Å². The first-order chi connectivity index (χ1) is 11.0. The van der Waals surface area contributed by atoms with E-state index in [1.165, 1.54) is 12.8 Å². The zero-order valence-corrected chi connectivity index (χ0v) is 13.9. The van der Waals surface area contributed by atoms with Crippen LogP contribution in [0.1, 0.15) is 49.3 Å². The van der Waals surface area contributed by atoms with Crippen LogP contribution in [0.15, 0.2) is 28.8 Å². The molecule has 1 aliphatic carbocycles. The number of carbonyl (C=O) groups excluding carboxylic acids is 1. The summed E-state index contributed by atoms with van der Waals surface area (Å²) >= 11 is 0. The lowest BCUT2D eigenvalue weighted by Crippen LogP contribution is -2.43. The highest BCUT2D eigenvalue weighted by atomic mass is 16.5. The molecule has 5 nitrogen and oxygen atoms in total. The Morgan fingerprint density at radius 3 is 2.61 bits per heavy atom. The molecule has 3 rings (SSSR count). The van der Waals surface area contributed by atoms with Crippen molar-refractivity contribution in [3.8, 4) is 11.5 Å². The predicted molar refractivity (Wildman–Crippen MR) is 87.9 cm³/mol. The predicted octanol–water partition coefficient (Wildman–Crippen LogP) is 3.60. The Morgan fingerprint density at radius 1 is 1.22 bits per heavy atom. The van der Waals surface area contributed by atoms with E-state index in [1.807, 2.05) is 12.1 Å². The van der Waals surface area contributed by atoms with Crippen LogP contribution in [0, 0.1) is 18.8 Å². The number of benzene rings is 1. The molecular weight excluding hydrogens is 290 g/mol.